The van der Waals surface area contributed by atoms with E-state index in [4.69, 9.17) is 10.0 Å². The van der Waals surface area contributed by atoms with Gasteiger partial charge in [0.15, 0.2) is 0 Å². The van der Waals surface area contributed by atoms with Gasteiger partial charge in [0.2, 0.25) is 0 Å². The maximum Gasteiger partial charge on any atom is 0.267 e. The van der Waals surface area contributed by atoms with E-state index in [0.29, 0.717) is 6.61 Å². The molecule has 1 aromatic rings. The van der Waals surface area contributed by atoms with Crippen molar-refractivity contribution in [2.75, 3.05) is 6.61 Å². The molecule has 0 saturated heterocycles. The summed E-state index contributed by atoms with van der Waals surface area (Å²) in [5.74, 6) is -0.571. The molecule has 1 amide bonds. The van der Waals surface area contributed by atoms with E-state index in [-0.39, 0.29) is 0 Å². The van der Waals surface area contributed by atoms with Crippen LogP contribution in [-0.4, -0.2) is 23.9 Å². The van der Waals surface area contributed by atoms with Crippen molar-refractivity contribution < 1.29 is 14.8 Å². The van der Waals surface area contributed by atoms with E-state index in [1.54, 1.807) is 18.4 Å². The molecular weight excluding hydrogens is 232 g/mol. The Balaban J connectivity index is 2.57. The van der Waals surface area contributed by atoms with Crippen LogP contribution < -0.4 is 5.48 Å². The number of rotatable bonds is 6. The molecular formula is C13H14N2O3. The monoisotopic (exact) mass is 246 g/mol. The maximum absolute atomic E-state index is 10.8. The minimum atomic E-state index is -0.571. The quantitative estimate of drug-likeness (QED) is 0.200. The highest BCUT2D eigenvalue weighted by Crippen LogP contribution is 2.04. The van der Waals surface area contributed by atoms with Crippen molar-refractivity contribution in [3.05, 3.63) is 54.1 Å². The molecule has 1 rings (SSSR count). The molecule has 0 fully saturated rings. The number of hydrogen-bond acceptors (Lipinski definition) is 4. The number of nitrogens with one attached hydrogen (secondary N) is 1. The van der Waals surface area contributed by atoms with Crippen LogP contribution in [0.25, 0.3) is 6.08 Å². The van der Waals surface area contributed by atoms with Crippen molar-refractivity contribution in [2.45, 2.75) is 0 Å². The number of carbonyl (C=O) groups is 1. The van der Waals surface area contributed by atoms with Crippen molar-refractivity contribution in [3.8, 4) is 0 Å². The Hall–Kier alpha value is -2.40. The fourth-order valence-electron chi connectivity index (χ4n) is 1.10. The minimum Gasteiger partial charge on any atom is -0.392 e. The Morgan fingerprint density at radius 3 is 2.67 bits per heavy atom. The highest BCUT2D eigenvalue weighted by atomic mass is 16.6. The molecule has 0 saturated carbocycles. The second kappa shape index (κ2) is 7.81. The van der Waals surface area contributed by atoms with Crippen LogP contribution in [0.5, 0.6) is 0 Å². The van der Waals surface area contributed by atoms with Crippen LogP contribution in [-0.2, 0) is 9.63 Å². The standard InChI is InChI=1S/C13H14N2O3/c1-2-9-18-14-10-12-5-3-11(4-6-12)7-8-13(16)15-17/h2-8,10,17H,1,9H2,(H,15,16)/b8-7+,14-10?. The lowest BCUT2D eigenvalue weighted by Gasteiger charge is -1.96. The van der Waals surface area contributed by atoms with Crippen LogP contribution in [0.15, 0.2) is 48.2 Å². The zero-order valence-corrected chi connectivity index (χ0v) is 9.74. The average Bonchev–Trinajstić information content (AvgIpc) is 2.42. The second-order valence-corrected chi connectivity index (χ2v) is 3.30. The number of oxime groups is 1. The van der Waals surface area contributed by atoms with Gasteiger partial charge < -0.3 is 4.84 Å². The zero-order chi connectivity index (χ0) is 13.2. The fourth-order valence-corrected chi connectivity index (χ4v) is 1.10. The molecule has 5 heteroatoms. The summed E-state index contributed by atoms with van der Waals surface area (Å²) in [6, 6.07) is 7.29. The van der Waals surface area contributed by atoms with Crippen LogP contribution in [0.2, 0.25) is 0 Å². The normalized spacial score (nSPS) is 10.7. The zero-order valence-electron chi connectivity index (χ0n) is 9.74. The Morgan fingerprint density at radius 1 is 1.39 bits per heavy atom. The first kappa shape index (κ1) is 13.7. The van der Waals surface area contributed by atoms with Crippen molar-refractivity contribution in [2.24, 2.45) is 5.16 Å². The fraction of sp³-hybridized carbons (Fsp3) is 0.0769. The van der Waals surface area contributed by atoms with E-state index >= 15 is 0 Å². The Labute approximate surface area is 105 Å². The van der Waals surface area contributed by atoms with Crippen molar-refractivity contribution in [1.82, 2.24) is 5.48 Å². The van der Waals surface area contributed by atoms with Gasteiger partial charge in [-0.05, 0) is 17.2 Å². The summed E-state index contributed by atoms with van der Waals surface area (Å²) >= 11 is 0. The van der Waals surface area contributed by atoms with E-state index < -0.39 is 5.91 Å². The Bertz CT molecular complexity index is 450. The van der Waals surface area contributed by atoms with Crippen LogP contribution in [0.3, 0.4) is 0 Å². The molecule has 0 aliphatic heterocycles. The van der Waals surface area contributed by atoms with Crippen LogP contribution in [0.4, 0.5) is 0 Å². The molecule has 0 radical (unpaired) electrons. The van der Waals surface area contributed by atoms with Gasteiger partial charge in [-0.3, -0.25) is 10.0 Å². The first-order valence-electron chi connectivity index (χ1n) is 5.24. The molecule has 0 aliphatic carbocycles. The van der Waals surface area contributed by atoms with E-state index in [1.807, 2.05) is 24.3 Å². The summed E-state index contributed by atoms with van der Waals surface area (Å²) < 4.78 is 0. The third kappa shape index (κ3) is 5.09. The highest BCUT2D eigenvalue weighted by Gasteiger charge is 1.92. The number of nitrogens with zero attached hydrogens (tertiary/aromatic N) is 1. The van der Waals surface area contributed by atoms with Crippen LogP contribution in [0, 0.1) is 0 Å². The number of benzene rings is 1. The summed E-state index contributed by atoms with van der Waals surface area (Å²) in [6.07, 6.45) is 6.01. The lowest BCUT2D eigenvalue weighted by molar-refractivity contribution is -0.124. The first-order valence-corrected chi connectivity index (χ1v) is 5.24. The number of amides is 1. The van der Waals surface area contributed by atoms with E-state index in [0.717, 1.165) is 11.1 Å². The van der Waals surface area contributed by atoms with Crippen molar-refractivity contribution >= 4 is 18.2 Å². The molecule has 0 heterocycles. The topological polar surface area (TPSA) is 70.9 Å². The summed E-state index contributed by atoms with van der Waals surface area (Å²) in [4.78, 5) is 15.6. The summed E-state index contributed by atoms with van der Waals surface area (Å²) in [5, 5.41) is 12.0. The molecule has 0 spiro atoms. The molecule has 0 unspecified atom stereocenters. The molecule has 18 heavy (non-hydrogen) atoms. The number of hydroxylamine groups is 1. The van der Waals surface area contributed by atoms with E-state index in [1.165, 1.54) is 11.6 Å². The maximum atomic E-state index is 10.8. The Morgan fingerprint density at radius 2 is 2.06 bits per heavy atom. The third-order valence-corrected chi connectivity index (χ3v) is 1.94. The van der Waals surface area contributed by atoms with Gasteiger partial charge in [0.05, 0.1) is 6.21 Å². The SMILES string of the molecule is C=CCON=Cc1ccc(/C=C/C(=O)NO)cc1. The molecule has 0 aliphatic rings. The van der Waals surface area contributed by atoms with Gasteiger partial charge in [-0.1, -0.05) is 42.1 Å². The van der Waals surface area contributed by atoms with Crippen molar-refractivity contribution in [1.29, 1.82) is 0 Å². The van der Waals surface area contributed by atoms with Gasteiger partial charge in [0.25, 0.3) is 5.91 Å². The summed E-state index contributed by atoms with van der Waals surface area (Å²) in [5.41, 5.74) is 3.23. The van der Waals surface area contributed by atoms with Gasteiger partial charge in [-0.2, -0.15) is 0 Å². The summed E-state index contributed by atoms with van der Waals surface area (Å²) in [7, 11) is 0. The van der Waals surface area contributed by atoms with Gasteiger partial charge in [0, 0.05) is 6.08 Å². The predicted octanol–water partition coefficient (Wildman–Crippen LogP) is 1.74. The van der Waals surface area contributed by atoms with E-state index in [9.17, 15) is 4.79 Å². The van der Waals surface area contributed by atoms with E-state index in [2.05, 4.69) is 11.7 Å². The van der Waals surface area contributed by atoms with Gasteiger partial charge in [0.1, 0.15) is 6.61 Å². The number of hydrogen-bond donors (Lipinski definition) is 2. The number of carbonyl (C=O) groups excluding carboxylic acids is 1. The van der Waals surface area contributed by atoms with Gasteiger partial charge in [-0.25, -0.2) is 5.48 Å². The molecule has 0 bridgehead atoms. The predicted molar refractivity (Wildman–Crippen MR) is 69.1 cm³/mol. The molecule has 2 N–H and O–H groups in total. The van der Waals surface area contributed by atoms with Gasteiger partial charge in [-0.15, -0.1) is 0 Å². The Kier molecular flexibility index (Phi) is 5.93. The van der Waals surface area contributed by atoms with Crippen molar-refractivity contribution in [3.63, 3.8) is 0 Å². The third-order valence-electron chi connectivity index (χ3n) is 1.94. The second-order valence-electron chi connectivity index (χ2n) is 3.30. The summed E-state index contributed by atoms with van der Waals surface area (Å²) in [6.45, 7) is 3.87. The molecule has 5 nitrogen and oxygen atoms in total. The minimum absolute atomic E-state index is 0.369. The average molecular weight is 246 g/mol. The molecule has 0 atom stereocenters. The highest BCUT2D eigenvalue weighted by molar-refractivity contribution is 5.91. The lowest BCUT2D eigenvalue weighted by atomic mass is 10.1. The van der Waals surface area contributed by atoms with Crippen LogP contribution in [0.1, 0.15) is 11.1 Å². The van der Waals surface area contributed by atoms with Crippen LogP contribution >= 0.6 is 0 Å². The smallest absolute Gasteiger partial charge is 0.267 e. The van der Waals surface area contributed by atoms with Gasteiger partial charge >= 0.3 is 0 Å². The molecule has 94 valence electrons. The lowest BCUT2D eigenvalue weighted by Crippen LogP contribution is -2.14. The largest absolute Gasteiger partial charge is 0.392 e. The molecule has 0 aromatic heterocycles. The molecule has 1 aromatic carbocycles. The first-order chi connectivity index (χ1) is 8.76.